The van der Waals surface area contributed by atoms with Crippen molar-refractivity contribution in [1.82, 2.24) is 9.99 Å². The molecule has 0 spiro atoms. The maximum Gasteiger partial charge on any atom is 0.260 e. The van der Waals surface area contributed by atoms with Gasteiger partial charge in [-0.2, -0.15) is 5.10 Å². The predicted octanol–water partition coefficient (Wildman–Crippen LogP) is 4.72. The Hall–Kier alpha value is -3.01. The number of para-hydroxylation sites is 2. The smallest absolute Gasteiger partial charge is 0.260 e. The van der Waals surface area contributed by atoms with Crippen LogP contribution in [-0.4, -0.2) is 44.5 Å². The highest BCUT2D eigenvalue weighted by molar-refractivity contribution is 7.92. The average molecular weight is 537 g/mol. The van der Waals surface area contributed by atoms with Gasteiger partial charge in [-0.25, -0.2) is 13.8 Å². The summed E-state index contributed by atoms with van der Waals surface area (Å²) in [6, 6.07) is 13.9. The van der Waals surface area contributed by atoms with Gasteiger partial charge in [0.1, 0.15) is 12.3 Å². The van der Waals surface area contributed by atoms with E-state index in [1.807, 2.05) is 30.5 Å². The topological polar surface area (TPSA) is 93.0 Å². The van der Waals surface area contributed by atoms with Crippen LogP contribution in [0.3, 0.4) is 0 Å². The second-order valence-electron chi connectivity index (χ2n) is 7.72. The summed E-state index contributed by atoms with van der Waals surface area (Å²) in [5.74, 6) is -0.234. The minimum atomic E-state index is -3.76. The third-order valence-corrected chi connectivity index (χ3v) is 7.01. The molecule has 3 aromatic rings. The van der Waals surface area contributed by atoms with Crippen LogP contribution in [-0.2, 0) is 14.8 Å². The highest BCUT2D eigenvalue weighted by Gasteiger charge is 2.23. The number of hydrazone groups is 1. The molecule has 0 aliphatic rings. The van der Waals surface area contributed by atoms with Crippen LogP contribution in [0.15, 0.2) is 53.6 Å². The molecule has 1 aromatic heterocycles. The minimum Gasteiger partial charge on any atom is -0.492 e. The first-order valence-electron chi connectivity index (χ1n) is 10.7. The van der Waals surface area contributed by atoms with Crippen molar-refractivity contribution in [1.29, 1.82) is 0 Å². The highest BCUT2D eigenvalue weighted by atomic mass is 35.5. The second kappa shape index (κ2) is 11.2. The van der Waals surface area contributed by atoms with Gasteiger partial charge in [-0.05, 0) is 57.2 Å². The van der Waals surface area contributed by atoms with E-state index in [-0.39, 0.29) is 5.69 Å². The lowest BCUT2D eigenvalue weighted by Gasteiger charge is -2.23. The maximum absolute atomic E-state index is 12.6. The molecule has 11 heteroatoms. The molecule has 1 amide bonds. The van der Waals surface area contributed by atoms with Crippen LogP contribution < -0.4 is 14.5 Å². The minimum absolute atomic E-state index is 0.279. The molecule has 186 valence electrons. The molecule has 35 heavy (non-hydrogen) atoms. The molecule has 0 aliphatic heterocycles. The van der Waals surface area contributed by atoms with Crippen molar-refractivity contribution >= 4 is 51.0 Å². The Morgan fingerprint density at radius 3 is 2.51 bits per heavy atom. The zero-order valence-corrected chi connectivity index (χ0v) is 22.1. The van der Waals surface area contributed by atoms with Crippen LogP contribution in [0.2, 0.25) is 10.0 Å². The Bertz CT molecular complexity index is 1370. The third-order valence-electron chi connectivity index (χ3n) is 5.15. The monoisotopic (exact) mass is 536 g/mol. The van der Waals surface area contributed by atoms with Gasteiger partial charge in [0, 0.05) is 22.6 Å². The summed E-state index contributed by atoms with van der Waals surface area (Å²) in [6.07, 6.45) is 2.54. The van der Waals surface area contributed by atoms with Gasteiger partial charge >= 0.3 is 0 Å². The van der Waals surface area contributed by atoms with Crippen molar-refractivity contribution in [3.05, 3.63) is 75.5 Å². The number of anilines is 1. The number of carbonyl (C=O) groups excluding carboxylic acids is 1. The van der Waals surface area contributed by atoms with E-state index in [1.165, 1.54) is 6.21 Å². The number of benzene rings is 2. The second-order valence-corrected chi connectivity index (χ2v) is 10.4. The number of aryl methyl sites for hydroxylation is 1. The van der Waals surface area contributed by atoms with Crippen molar-refractivity contribution < 1.29 is 17.9 Å². The van der Waals surface area contributed by atoms with Gasteiger partial charge in [-0.3, -0.25) is 9.10 Å². The highest BCUT2D eigenvalue weighted by Crippen LogP contribution is 2.30. The molecule has 0 saturated heterocycles. The summed E-state index contributed by atoms with van der Waals surface area (Å²) in [4.78, 5) is 12.6. The number of halogens is 2. The van der Waals surface area contributed by atoms with E-state index in [0.717, 1.165) is 33.2 Å². The van der Waals surface area contributed by atoms with Crippen molar-refractivity contribution in [2.75, 3.05) is 23.7 Å². The fourth-order valence-corrected chi connectivity index (χ4v) is 4.75. The summed E-state index contributed by atoms with van der Waals surface area (Å²) < 4.78 is 33.3. The van der Waals surface area contributed by atoms with Crippen molar-refractivity contribution in [2.45, 2.75) is 20.8 Å². The maximum atomic E-state index is 12.6. The van der Waals surface area contributed by atoms with Crippen LogP contribution in [0.1, 0.15) is 23.9 Å². The first kappa shape index (κ1) is 26.6. The Kier molecular flexibility index (Phi) is 8.47. The molecule has 0 unspecified atom stereocenters. The van der Waals surface area contributed by atoms with Crippen LogP contribution in [0.5, 0.6) is 5.75 Å². The first-order chi connectivity index (χ1) is 16.5. The Morgan fingerprint density at radius 1 is 1.14 bits per heavy atom. The molecule has 0 saturated carbocycles. The predicted molar refractivity (Wildman–Crippen MR) is 141 cm³/mol. The van der Waals surface area contributed by atoms with E-state index in [0.29, 0.717) is 22.4 Å². The van der Waals surface area contributed by atoms with Crippen LogP contribution in [0, 0.1) is 13.8 Å². The summed E-state index contributed by atoms with van der Waals surface area (Å²) in [6.45, 7) is 5.54. The quantitative estimate of drug-likeness (QED) is 0.316. The third kappa shape index (κ3) is 6.36. The molecule has 3 rings (SSSR count). The fraction of sp³-hybridized carbons (Fsp3) is 0.250. The molecule has 0 aliphatic carbocycles. The van der Waals surface area contributed by atoms with Gasteiger partial charge in [0.25, 0.3) is 5.91 Å². The summed E-state index contributed by atoms with van der Waals surface area (Å²) in [5, 5.41) is 4.94. The molecule has 0 radical (unpaired) electrons. The molecule has 2 aromatic carbocycles. The SMILES string of the molecule is CCOc1ccccc1N(CC(=O)N/N=C\c1cc(C)n(-c2ccc(Cl)c(Cl)c2)c1C)S(C)(=O)=O. The lowest BCUT2D eigenvalue weighted by molar-refractivity contribution is -0.119. The van der Waals surface area contributed by atoms with E-state index < -0.39 is 22.5 Å². The Balaban J connectivity index is 1.77. The number of hydrogen-bond donors (Lipinski definition) is 1. The summed E-state index contributed by atoms with van der Waals surface area (Å²) in [7, 11) is -3.76. The lowest BCUT2D eigenvalue weighted by atomic mass is 10.2. The van der Waals surface area contributed by atoms with Gasteiger partial charge in [0.2, 0.25) is 10.0 Å². The van der Waals surface area contributed by atoms with Gasteiger partial charge in [-0.1, -0.05) is 35.3 Å². The largest absolute Gasteiger partial charge is 0.492 e. The van der Waals surface area contributed by atoms with E-state index in [9.17, 15) is 13.2 Å². The zero-order chi connectivity index (χ0) is 25.8. The van der Waals surface area contributed by atoms with Crippen molar-refractivity contribution in [3.63, 3.8) is 0 Å². The van der Waals surface area contributed by atoms with Crippen LogP contribution in [0.25, 0.3) is 5.69 Å². The molecule has 1 heterocycles. The van der Waals surface area contributed by atoms with Crippen molar-refractivity contribution in [2.24, 2.45) is 5.10 Å². The normalized spacial score (nSPS) is 11.6. The average Bonchev–Trinajstić information content (AvgIpc) is 3.07. The van der Waals surface area contributed by atoms with E-state index >= 15 is 0 Å². The molecule has 1 N–H and O–H groups in total. The Labute approximate surface area is 215 Å². The number of nitrogens with zero attached hydrogens (tertiary/aromatic N) is 3. The van der Waals surface area contributed by atoms with Gasteiger partial charge in [0.05, 0.1) is 34.8 Å². The fourth-order valence-electron chi connectivity index (χ4n) is 3.60. The number of rotatable bonds is 9. The standard InChI is InChI=1S/C24H26Cl2N4O4S/c1-5-34-23-9-7-6-8-22(23)29(35(4,32)33)15-24(31)28-27-14-18-12-16(2)30(17(18)3)19-10-11-20(25)21(26)13-19/h6-14H,5,15H2,1-4H3,(H,28,31)/b27-14-. The number of ether oxygens (including phenoxy) is 1. The lowest BCUT2D eigenvalue weighted by Crippen LogP contribution is -2.39. The number of hydrogen-bond acceptors (Lipinski definition) is 5. The van der Waals surface area contributed by atoms with E-state index in [2.05, 4.69) is 10.5 Å². The molecule has 0 fully saturated rings. The molecular weight excluding hydrogens is 511 g/mol. The molecule has 0 bridgehead atoms. The number of nitrogens with one attached hydrogen (secondary N) is 1. The number of sulfonamides is 1. The number of carbonyl (C=O) groups is 1. The molecule has 0 atom stereocenters. The van der Waals surface area contributed by atoms with E-state index in [4.69, 9.17) is 27.9 Å². The van der Waals surface area contributed by atoms with E-state index in [1.54, 1.807) is 43.3 Å². The Morgan fingerprint density at radius 2 is 1.86 bits per heavy atom. The van der Waals surface area contributed by atoms with Crippen molar-refractivity contribution in [3.8, 4) is 11.4 Å². The van der Waals surface area contributed by atoms with Gasteiger partial charge in [-0.15, -0.1) is 0 Å². The summed E-state index contributed by atoms with van der Waals surface area (Å²) >= 11 is 12.2. The molecular formula is C24H26Cl2N4O4S. The number of aromatic nitrogens is 1. The zero-order valence-electron chi connectivity index (χ0n) is 19.7. The first-order valence-corrected chi connectivity index (χ1v) is 13.3. The van der Waals surface area contributed by atoms with Gasteiger partial charge < -0.3 is 9.30 Å². The summed E-state index contributed by atoms with van der Waals surface area (Å²) in [5.41, 5.74) is 6.11. The van der Waals surface area contributed by atoms with Crippen LogP contribution in [0.4, 0.5) is 5.69 Å². The molecule has 8 nitrogen and oxygen atoms in total. The number of amides is 1. The van der Waals surface area contributed by atoms with Gasteiger partial charge in [0.15, 0.2) is 0 Å². The van der Waals surface area contributed by atoms with Crippen LogP contribution >= 0.6 is 23.2 Å².